The van der Waals surface area contributed by atoms with E-state index in [0.29, 0.717) is 11.4 Å². The van der Waals surface area contributed by atoms with Crippen LogP contribution in [-0.4, -0.2) is 26.0 Å². The molecule has 0 fully saturated rings. The Morgan fingerprint density at radius 3 is 2.62 bits per heavy atom. The van der Waals surface area contributed by atoms with Crippen molar-refractivity contribution in [1.82, 2.24) is 9.78 Å². The van der Waals surface area contributed by atoms with E-state index in [1.165, 1.54) is 16.9 Å². The van der Waals surface area contributed by atoms with Gasteiger partial charge in [-0.2, -0.15) is 5.10 Å². The fraction of sp³-hybridized carbons (Fsp3) is 0.0909. The topological polar surface area (TPSA) is 75.3 Å². The number of carboxylic acids is 1. The van der Waals surface area contributed by atoms with Crippen molar-refractivity contribution < 1.29 is 15.0 Å². The number of carbonyl (C=O) groups is 1. The average Bonchev–Trinajstić information content (AvgIpc) is 2.61. The Bertz CT molecular complexity index is 546. The molecule has 0 atom stereocenters. The summed E-state index contributed by atoms with van der Waals surface area (Å²) in [5, 5.41) is 22.5. The third-order valence-corrected chi connectivity index (χ3v) is 2.35. The van der Waals surface area contributed by atoms with Gasteiger partial charge in [0, 0.05) is 0 Å². The molecule has 0 aliphatic carbocycles. The molecular formula is C11H10N2O3. The number of aromatic hydroxyl groups is 1. The van der Waals surface area contributed by atoms with Crippen LogP contribution < -0.4 is 0 Å². The third-order valence-electron chi connectivity index (χ3n) is 2.35. The van der Waals surface area contributed by atoms with Gasteiger partial charge in [-0.1, -0.05) is 12.1 Å². The number of hydrogen-bond acceptors (Lipinski definition) is 3. The van der Waals surface area contributed by atoms with E-state index in [4.69, 9.17) is 5.11 Å². The molecule has 16 heavy (non-hydrogen) atoms. The van der Waals surface area contributed by atoms with Crippen molar-refractivity contribution >= 4 is 5.97 Å². The van der Waals surface area contributed by atoms with Gasteiger partial charge in [0.2, 0.25) is 0 Å². The number of phenols is 1. The van der Waals surface area contributed by atoms with Crippen molar-refractivity contribution in [2.75, 3.05) is 0 Å². The minimum Gasteiger partial charge on any atom is -0.506 e. The second-order valence-electron chi connectivity index (χ2n) is 3.35. The van der Waals surface area contributed by atoms with Crippen LogP contribution in [0.4, 0.5) is 0 Å². The van der Waals surface area contributed by atoms with Crippen LogP contribution in [0.1, 0.15) is 16.1 Å². The lowest BCUT2D eigenvalue weighted by Crippen LogP contribution is -2.02. The number of benzene rings is 1. The summed E-state index contributed by atoms with van der Waals surface area (Å²) in [4.78, 5) is 10.8. The lowest BCUT2D eigenvalue weighted by molar-refractivity contribution is 0.0696. The molecular weight excluding hydrogens is 208 g/mol. The number of nitrogens with zero attached hydrogens (tertiary/aromatic N) is 2. The molecule has 0 spiro atoms. The summed E-state index contributed by atoms with van der Waals surface area (Å²) < 4.78 is 1.40. The SMILES string of the molecule is Cc1c(C(=O)O)cnn1-c1ccccc1O. The Balaban J connectivity index is 2.58. The molecule has 5 heteroatoms. The molecule has 0 radical (unpaired) electrons. The Hall–Kier alpha value is -2.30. The van der Waals surface area contributed by atoms with Gasteiger partial charge in [0.05, 0.1) is 11.9 Å². The van der Waals surface area contributed by atoms with Gasteiger partial charge in [-0.25, -0.2) is 9.48 Å². The largest absolute Gasteiger partial charge is 0.506 e. The Kier molecular flexibility index (Phi) is 2.36. The van der Waals surface area contributed by atoms with Crippen molar-refractivity contribution in [1.29, 1.82) is 0 Å². The molecule has 2 rings (SSSR count). The molecule has 0 saturated heterocycles. The van der Waals surface area contributed by atoms with Crippen LogP contribution in [0.5, 0.6) is 5.75 Å². The van der Waals surface area contributed by atoms with Crippen molar-refractivity contribution in [3.63, 3.8) is 0 Å². The number of para-hydroxylation sites is 2. The maximum atomic E-state index is 10.8. The zero-order valence-corrected chi connectivity index (χ0v) is 8.58. The quantitative estimate of drug-likeness (QED) is 0.802. The first kappa shape index (κ1) is 10.2. The standard InChI is InChI=1S/C11H10N2O3/c1-7-8(11(15)16)6-12-13(7)9-4-2-3-5-10(9)14/h2-6,14H,1H3,(H,15,16). The van der Waals surface area contributed by atoms with Gasteiger partial charge in [0.25, 0.3) is 0 Å². The first-order valence-corrected chi connectivity index (χ1v) is 4.67. The van der Waals surface area contributed by atoms with Gasteiger partial charge < -0.3 is 10.2 Å². The zero-order chi connectivity index (χ0) is 11.7. The minimum atomic E-state index is -1.03. The lowest BCUT2D eigenvalue weighted by atomic mass is 10.2. The molecule has 1 aromatic carbocycles. The predicted octanol–water partition coefficient (Wildman–Crippen LogP) is 1.58. The van der Waals surface area contributed by atoms with Crippen LogP contribution in [0.15, 0.2) is 30.5 Å². The van der Waals surface area contributed by atoms with Gasteiger partial charge >= 0.3 is 5.97 Å². The maximum absolute atomic E-state index is 10.8. The summed E-state index contributed by atoms with van der Waals surface area (Å²) in [5.74, 6) is -0.968. The molecule has 2 N–H and O–H groups in total. The highest BCUT2D eigenvalue weighted by atomic mass is 16.4. The first-order valence-electron chi connectivity index (χ1n) is 4.67. The summed E-state index contributed by atoms with van der Waals surface area (Å²) in [7, 11) is 0. The van der Waals surface area contributed by atoms with Gasteiger partial charge in [-0.15, -0.1) is 0 Å². The summed E-state index contributed by atoms with van der Waals surface area (Å²) in [6.07, 6.45) is 1.27. The van der Waals surface area contributed by atoms with Crippen LogP contribution in [-0.2, 0) is 0 Å². The average molecular weight is 218 g/mol. The highest BCUT2D eigenvalue weighted by molar-refractivity contribution is 5.88. The number of phenolic OH excluding ortho intramolecular Hbond substituents is 1. The van der Waals surface area contributed by atoms with Crippen LogP contribution in [0, 0.1) is 6.92 Å². The van der Waals surface area contributed by atoms with Gasteiger partial charge in [-0.05, 0) is 19.1 Å². The maximum Gasteiger partial charge on any atom is 0.339 e. The molecule has 1 aromatic heterocycles. The lowest BCUT2D eigenvalue weighted by Gasteiger charge is -2.06. The van der Waals surface area contributed by atoms with Crippen molar-refractivity contribution in [2.24, 2.45) is 0 Å². The van der Waals surface area contributed by atoms with E-state index in [1.807, 2.05) is 0 Å². The summed E-state index contributed by atoms with van der Waals surface area (Å²) >= 11 is 0. The molecule has 0 unspecified atom stereocenters. The third kappa shape index (κ3) is 1.52. The van der Waals surface area contributed by atoms with E-state index < -0.39 is 5.97 Å². The highest BCUT2D eigenvalue weighted by Gasteiger charge is 2.15. The minimum absolute atomic E-state index is 0.0608. The monoisotopic (exact) mass is 218 g/mol. The summed E-state index contributed by atoms with van der Waals surface area (Å²) in [6, 6.07) is 6.63. The predicted molar refractivity (Wildman–Crippen MR) is 56.9 cm³/mol. The smallest absolute Gasteiger partial charge is 0.339 e. The molecule has 0 saturated carbocycles. The molecule has 0 bridgehead atoms. The number of hydrogen-bond donors (Lipinski definition) is 2. The van der Waals surface area contributed by atoms with E-state index in [0.717, 1.165) is 0 Å². The molecule has 0 aliphatic heterocycles. The van der Waals surface area contributed by atoms with Crippen LogP contribution >= 0.6 is 0 Å². The van der Waals surface area contributed by atoms with Crippen molar-refractivity contribution in [3.05, 3.63) is 41.7 Å². The number of rotatable bonds is 2. The number of aromatic nitrogens is 2. The Morgan fingerprint density at radius 2 is 2.06 bits per heavy atom. The van der Waals surface area contributed by atoms with E-state index in [9.17, 15) is 9.90 Å². The Labute approximate surface area is 91.6 Å². The first-order chi connectivity index (χ1) is 7.61. The van der Waals surface area contributed by atoms with Gasteiger partial charge in [0.1, 0.15) is 17.0 Å². The normalized spacial score (nSPS) is 10.3. The van der Waals surface area contributed by atoms with Gasteiger partial charge in [0.15, 0.2) is 0 Å². The second kappa shape index (κ2) is 3.69. The van der Waals surface area contributed by atoms with Crippen LogP contribution in [0.2, 0.25) is 0 Å². The number of carboxylic acid groups (broad SMARTS) is 1. The summed E-state index contributed by atoms with van der Waals surface area (Å²) in [6.45, 7) is 1.64. The van der Waals surface area contributed by atoms with Crippen molar-refractivity contribution in [2.45, 2.75) is 6.92 Å². The van der Waals surface area contributed by atoms with E-state index in [2.05, 4.69) is 5.10 Å². The van der Waals surface area contributed by atoms with E-state index in [1.54, 1.807) is 25.1 Å². The highest BCUT2D eigenvalue weighted by Crippen LogP contribution is 2.22. The summed E-state index contributed by atoms with van der Waals surface area (Å²) in [5.41, 5.74) is 1.07. The molecule has 0 amide bonds. The molecule has 5 nitrogen and oxygen atoms in total. The molecule has 1 heterocycles. The van der Waals surface area contributed by atoms with Crippen molar-refractivity contribution in [3.8, 4) is 11.4 Å². The van der Waals surface area contributed by atoms with Gasteiger partial charge in [-0.3, -0.25) is 0 Å². The van der Waals surface area contributed by atoms with E-state index in [-0.39, 0.29) is 11.3 Å². The van der Waals surface area contributed by atoms with Crippen LogP contribution in [0.25, 0.3) is 5.69 Å². The molecule has 2 aromatic rings. The Morgan fingerprint density at radius 1 is 1.38 bits per heavy atom. The van der Waals surface area contributed by atoms with E-state index >= 15 is 0 Å². The fourth-order valence-electron chi connectivity index (χ4n) is 1.51. The van der Waals surface area contributed by atoms with Crippen LogP contribution in [0.3, 0.4) is 0 Å². The molecule has 0 aliphatic rings. The zero-order valence-electron chi connectivity index (χ0n) is 8.58. The fourth-order valence-corrected chi connectivity index (χ4v) is 1.51. The molecule has 82 valence electrons. The second-order valence-corrected chi connectivity index (χ2v) is 3.35. The number of aromatic carboxylic acids is 1.